The van der Waals surface area contributed by atoms with Gasteiger partial charge < -0.3 is 9.47 Å². The largest absolute Gasteiger partial charge is 0.500 e. The molecule has 3 aliphatic rings. The number of nitriles is 1. The van der Waals surface area contributed by atoms with E-state index in [-0.39, 0.29) is 40.3 Å². The van der Waals surface area contributed by atoms with E-state index in [1.807, 2.05) is 0 Å². The van der Waals surface area contributed by atoms with E-state index in [1.165, 1.54) is 7.11 Å². The van der Waals surface area contributed by atoms with Gasteiger partial charge in [-0.05, 0) is 55.3 Å². The number of fused-ring (bicyclic) bond motifs is 1. The van der Waals surface area contributed by atoms with Crippen molar-refractivity contribution in [2.75, 3.05) is 14.2 Å². The Morgan fingerprint density at radius 3 is 2.59 bits per heavy atom. The fourth-order valence-corrected chi connectivity index (χ4v) is 6.55. The third-order valence-electron chi connectivity index (χ3n) is 8.03. The summed E-state index contributed by atoms with van der Waals surface area (Å²) in [5.74, 6) is 1.51. The fraction of sp³-hybridized carbons (Fsp3) is 0.773. The first-order valence-electron chi connectivity index (χ1n) is 10.1. The molecule has 0 aromatic carbocycles. The van der Waals surface area contributed by atoms with Crippen LogP contribution < -0.4 is 0 Å². The van der Waals surface area contributed by atoms with E-state index in [0.717, 1.165) is 37.9 Å². The number of esters is 1. The van der Waals surface area contributed by atoms with Crippen LogP contribution in [0, 0.1) is 45.8 Å². The van der Waals surface area contributed by atoms with Crippen LogP contribution in [0.5, 0.6) is 0 Å². The lowest BCUT2D eigenvalue weighted by molar-refractivity contribution is -0.152. The number of carbonyl (C=O) groups is 2. The van der Waals surface area contributed by atoms with Crippen LogP contribution in [0.25, 0.3) is 0 Å². The van der Waals surface area contributed by atoms with Gasteiger partial charge in [0.1, 0.15) is 5.76 Å². The van der Waals surface area contributed by atoms with Crippen LogP contribution in [0.4, 0.5) is 0 Å². The van der Waals surface area contributed by atoms with Crippen LogP contribution in [0.15, 0.2) is 11.8 Å². The number of nitrogens with zero attached hydrogens (tertiary/aromatic N) is 1. The SMILES string of the molecule is COC(=O)[C@H]1CC[C@H]2C(CC#N)C([C@@]3(C)CCC(=O)C=C3OC)CC[C@]12C. The molecule has 2 unspecified atom stereocenters. The van der Waals surface area contributed by atoms with Crippen LogP contribution in [0.2, 0.25) is 0 Å². The van der Waals surface area contributed by atoms with Crippen LogP contribution in [-0.2, 0) is 19.1 Å². The quantitative estimate of drug-likeness (QED) is 0.695. The molecule has 0 aromatic rings. The molecule has 148 valence electrons. The van der Waals surface area contributed by atoms with Crippen LogP contribution >= 0.6 is 0 Å². The Kier molecular flexibility index (Phi) is 5.38. The van der Waals surface area contributed by atoms with Gasteiger partial charge >= 0.3 is 5.97 Å². The van der Waals surface area contributed by atoms with Gasteiger partial charge in [-0.3, -0.25) is 9.59 Å². The van der Waals surface area contributed by atoms with Gasteiger partial charge in [0.05, 0.1) is 26.2 Å². The molecule has 6 atom stereocenters. The van der Waals surface area contributed by atoms with Crippen molar-refractivity contribution < 1.29 is 19.1 Å². The summed E-state index contributed by atoms with van der Waals surface area (Å²) in [7, 11) is 3.10. The zero-order valence-electron chi connectivity index (χ0n) is 16.9. The van der Waals surface area contributed by atoms with Gasteiger partial charge in [0.25, 0.3) is 0 Å². The lowest BCUT2D eigenvalue weighted by Crippen LogP contribution is -2.49. The van der Waals surface area contributed by atoms with E-state index in [2.05, 4.69) is 19.9 Å². The summed E-state index contributed by atoms with van der Waals surface area (Å²) in [4.78, 5) is 24.3. The first kappa shape index (κ1) is 19.9. The van der Waals surface area contributed by atoms with E-state index in [1.54, 1.807) is 13.2 Å². The van der Waals surface area contributed by atoms with Crippen molar-refractivity contribution in [1.29, 1.82) is 5.26 Å². The van der Waals surface area contributed by atoms with Crippen molar-refractivity contribution in [2.24, 2.45) is 34.5 Å². The average Bonchev–Trinajstić information content (AvgIpc) is 3.01. The predicted molar refractivity (Wildman–Crippen MR) is 100 cm³/mol. The molecule has 5 heteroatoms. The molecule has 0 N–H and O–H groups in total. The Hall–Kier alpha value is -1.83. The molecule has 3 rings (SSSR count). The molecule has 3 aliphatic carbocycles. The van der Waals surface area contributed by atoms with Crippen LogP contribution in [0.3, 0.4) is 0 Å². The minimum atomic E-state index is -0.227. The van der Waals surface area contributed by atoms with Crippen molar-refractivity contribution in [3.8, 4) is 6.07 Å². The molecule has 2 fully saturated rings. The molecule has 27 heavy (non-hydrogen) atoms. The third-order valence-corrected chi connectivity index (χ3v) is 8.03. The number of allylic oxidation sites excluding steroid dienone is 2. The molecule has 5 nitrogen and oxygen atoms in total. The number of rotatable bonds is 4. The Labute approximate surface area is 162 Å². The van der Waals surface area contributed by atoms with Crippen LogP contribution in [0.1, 0.15) is 58.8 Å². The van der Waals surface area contributed by atoms with Gasteiger partial charge in [-0.1, -0.05) is 13.8 Å². The summed E-state index contributed by atoms with van der Waals surface area (Å²) < 4.78 is 10.7. The third kappa shape index (κ3) is 3.07. The first-order chi connectivity index (χ1) is 12.8. The summed E-state index contributed by atoms with van der Waals surface area (Å²) in [6.07, 6.45) is 7.13. The number of ketones is 1. The van der Waals surface area contributed by atoms with Gasteiger partial charge in [0.15, 0.2) is 5.78 Å². The average molecular weight is 373 g/mol. The summed E-state index contributed by atoms with van der Waals surface area (Å²) in [6, 6.07) is 2.41. The second kappa shape index (κ2) is 7.30. The molecule has 0 amide bonds. The molecule has 0 saturated heterocycles. The summed E-state index contributed by atoms with van der Waals surface area (Å²) >= 11 is 0. The van der Waals surface area contributed by atoms with E-state index in [4.69, 9.17) is 9.47 Å². The number of carbonyl (C=O) groups excluding carboxylic acids is 2. The first-order valence-corrected chi connectivity index (χ1v) is 10.1. The minimum Gasteiger partial charge on any atom is -0.500 e. The topological polar surface area (TPSA) is 76.4 Å². The van der Waals surface area contributed by atoms with Crippen LogP contribution in [-0.4, -0.2) is 26.0 Å². The van der Waals surface area contributed by atoms with Gasteiger partial charge in [0, 0.05) is 24.3 Å². The monoisotopic (exact) mass is 373 g/mol. The summed E-state index contributed by atoms with van der Waals surface area (Å²) in [5.41, 5.74) is -0.336. The molecule has 0 aliphatic heterocycles. The number of ether oxygens (including phenoxy) is 2. The normalized spacial score (nSPS) is 41.3. The van der Waals surface area contributed by atoms with Crippen molar-refractivity contribution in [3.63, 3.8) is 0 Å². The molecule has 0 bridgehead atoms. The fourth-order valence-electron chi connectivity index (χ4n) is 6.55. The highest BCUT2D eigenvalue weighted by atomic mass is 16.5. The summed E-state index contributed by atoms with van der Waals surface area (Å²) in [5, 5.41) is 9.57. The zero-order chi connectivity index (χ0) is 19.8. The standard InChI is InChI=1S/C22H31NO4/c1-21-11-8-17(22(2)10-7-14(24)13-19(22)26-3)15(9-12-23)16(21)5-6-18(21)20(25)27-4/h13,15-18H,5-11H2,1-4H3/t15?,16-,17?,18+,21-,22+/m0/s1. The molecule has 0 heterocycles. The van der Waals surface area contributed by atoms with E-state index < -0.39 is 0 Å². The zero-order valence-corrected chi connectivity index (χ0v) is 16.9. The molecule has 0 spiro atoms. The summed E-state index contributed by atoms with van der Waals surface area (Å²) in [6.45, 7) is 4.41. The van der Waals surface area contributed by atoms with Crippen molar-refractivity contribution >= 4 is 11.8 Å². The van der Waals surface area contributed by atoms with E-state index >= 15 is 0 Å². The highest BCUT2D eigenvalue weighted by molar-refractivity contribution is 5.91. The maximum Gasteiger partial charge on any atom is 0.309 e. The van der Waals surface area contributed by atoms with Crippen molar-refractivity contribution in [1.82, 2.24) is 0 Å². The smallest absolute Gasteiger partial charge is 0.309 e. The predicted octanol–water partition coefficient (Wildman–Crippen LogP) is 4.03. The molecule has 0 aromatic heterocycles. The molecule has 2 saturated carbocycles. The number of hydrogen-bond acceptors (Lipinski definition) is 5. The van der Waals surface area contributed by atoms with E-state index in [0.29, 0.717) is 18.8 Å². The van der Waals surface area contributed by atoms with E-state index in [9.17, 15) is 14.9 Å². The van der Waals surface area contributed by atoms with Crippen molar-refractivity contribution in [2.45, 2.75) is 58.8 Å². The maximum absolute atomic E-state index is 12.4. The van der Waals surface area contributed by atoms with Gasteiger partial charge in [0.2, 0.25) is 0 Å². The Balaban J connectivity index is 1.96. The molecular formula is C22H31NO4. The second-order valence-corrected chi connectivity index (χ2v) is 9.03. The number of hydrogen-bond donors (Lipinski definition) is 0. The number of methoxy groups -OCH3 is 2. The molecule has 0 radical (unpaired) electrons. The lowest BCUT2D eigenvalue weighted by Gasteiger charge is -2.53. The Morgan fingerprint density at radius 2 is 1.96 bits per heavy atom. The molecular weight excluding hydrogens is 342 g/mol. The Bertz CT molecular complexity index is 693. The second-order valence-electron chi connectivity index (χ2n) is 9.03. The maximum atomic E-state index is 12.4. The Morgan fingerprint density at radius 1 is 1.22 bits per heavy atom. The van der Waals surface area contributed by atoms with Gasteiger partial charge in [-0.25, -0.2) is 0 Å². The highest BCUT2D eigenvalue weighted by Crippen LogP contribution is 2.64. The van der Waals surface area contributed by atoms with Gasteiger partial charge in [-0.15, -0.1) is 0 Å². The highest BCUT2D eigenvalue weighted by Gasteiger charge is 2.59. The van der Waals surface area contributed by atoms with Crippen molar-refractivity contribution in [3.05, 3.63) is 11.8 Å². The van der Waals surface area contributed by atoms with Gasteiger partial charge in [-0.2, -0.15) is 5.26 Å². The minimum absolute atomic E-state index is 0.0761. The lowest BCUT2D eigenvalue weighted by atomic mass is 9.51.